The quantitative estimate of drug-likeness (QED) is 0.555. The summed E-state index contributed by atoms with van der Waals surface area (Å²) in [7, 11) is 0. The summed E-state index contributed by atoms with van der Waals surface area (Å²) >= 11 is 0. The van der Waals surface area contributed by atoms with E-state index < -0.39 is 0 Å². The molecule has 0 saturated heterocycles. The van der Waals surface area contributed by atoms with Crippen molar-refractivity contribution in [3.63, 3.8) is 0 Å². The summed E-state index contributed by atoms with van der Waals surface area (Å²) in [5.74, 6) is 0.380. The van der Waals surface area contributed by atoms with Gasteiger partial charge in [0.1, 0.15) is 5.82 Å². The molecule has 0 spiro atoms. The van der Waals surface area contributed by atoms with Crippen molar-refractivity contribution >= 4 is 11.5 Å². The number of fused-ring (bicyclic) bond motifs is 1. The molecule has 0 fully saturated rings. The highest BCUT2D eigenvalue weighted by Crippen LogP contribution is 2.11. The smallest absolute Gasteiger partial charge is 0.215 e. The van der Waals surface area contributed by atoms with Gasteiger partial charge in [-0.15, -0.1) is 5.10 Å². The van der Waals surface area contributed by atoms with Gasteiger partial charge in [-0.2, -0.15) is 4.52 Å². The van der Waals surface area contributed by atoms with Gasteiger partial charge < -0.3 is 10.8 Å². The molecule has 11 heavy (non-hydrogen) atoms. The van der Waals surface area contributed by atoms with Gasteiger partial charge in [0, 0.05) is 18.3 Å². The Morgan fingerprint density at radius 2 is 2.36 bits per heavy atom. The Balaban J connectivity index is 2.90. The van der Waals surface area contributed by atoms with Crippen LogP contribution in [0.15, 0.2) is 18.3 Å². The summed E-state index contributed by atoms with van der Waals surface area (Å²) in [4.78, 5) is 3.92. The number of nitrogens with two attached hydrogens (primary N) is 1. The van der Waals surface area contributed by atoms with Crippen molar-refractivity contribution in [1.82, 2.24) is 14.6 Å². The van der Waals surface area contributed by atoms with Gasteiger partial charge >= 0.3 is 0 Å². The molecular formula is C6H6N4O. The molecule has 0 bridgehead atoms. The van der Waals surface area contributed by atoms with Crippen molar-refractivity contribution in [3.05, 3.63) is 18.3 Å². The van der Waals surface area contributed by atoms with E-state index in [9.17, 15) is 5.11 Å². The summed E-state index contributed by atoms with van der Waals surface area (Å²) < 4.78 is 1.27. The highest BCUT2D eigenvalue weighted by atomic mass is 16.3. The molecule has 5 nitrogen and oxygen atoms in total. The standard InChI is InChI=1S/C6H6N4O/c7-4-3-5-8-2-1-6(11)10(5)9-4/h1-3,11H,(H2,7,9). The van der Waals surface area contributed by atoms with Gasteiger partial charge in [0.15, 0.2) is 5.65 Å². The van der Waals surface area contributed by atoms with Crippen molar-refractivity contribution in [2.75, 3.05) is 5.73 Å². The second kappa shape index (κ2) is 1.85. The molecular weight excluding hydrogens is 144 g/mol. The van der Waals surface area contributed by atoms with E-state index >= 15 is 0 Å². The number of nitrogens with zero attached hydrogens (tertiary/aromatic N) is 3. The monoisotopic (exact) mass is 150 g/mol. The van der Waals surface area contributed by atoms with Crippen molar-refractivity contribution in [2.45, 2.75) is 0 Å². The van der Waals surface area contributed by atoms with Crippen LogP contribution in [-0.4, -0.2) is 19.7 Å². The molecule has 0 aromatic carbocycles. The van der Waals surface area contributed by atoms with E-state index in [0.29, 0.717) is 11.5 Å². The summed E-state index contributed by atoms with van der Waals surface area (Å²) in [6, 6.07) is 3.03. The Morgan fingerprint density at radius 1 is 1.55 bits per heavy atom. The molecule has 0 aliphatic rings. The normalized spacial score (nSPS) is 10.5. The molecule has 0 aliphatic carbocycles. The van der Waals surface area contributed by atoms with E-state index in [1.807, 2.05) is 0 Å². The number of hydrogen-bond donors (Lipinski definition) is 2. The second-order valence-electron chi connectivity index (χ2n) is 2.14. The summed E-state index contributed by atoms with van der Waals surface area (Å²) in [6.45, 7) is 0. The minimum absolute atomic E-state index is 0.0340. The Morgan fingerprint density at radius 3 is 3.09 bits per heavy atom. The molecule has 2 aromatic rings. The lowest BCUT2D eigenvalue weighted by Crippen LogP contribution is -1.90. The van der Waals surface area contributed by atoms with E-state index in [4.69, 9.17) is 5.73 Å². The molecule has 0 radical (unpaired) electrons. The van der Waals surface area contributed by atoms with Crippen molar-refractivity contribution in [2.24, 2.45) is 0 Å². The third-order valence-corrected chi connectivity index (χ3v) is 1.36. The first kappa shape index (κ1) is 5.96. The SMILES string of the molecule is Nc1cc2nccc(O)n2n1. The van der Waals surface area contributed by atoms with Crippen LogP contribution in [0.4, 0.5) is 5.82 Å². The zero-order valence-electron chi connectivity index (χ0n) is 5.60. The van der Waals surface area contributed by atoms with E-state index in [1.54, 1.807) is 6.07 Å². The Bertz CT molecular complexity index is 394. The maximum atomic E-state index is 9.19. The van der Waals surface area contributed by atoms with E-state index in [1.165, 1.54) is 16.8 Å². The van der Waals surface area contributed by atoms with Gasteiger partial charge in [0.25, 0.3) is 0 Å². The van der Waals surface area contributed by atoms with Crippen LogP contribution in [0, 0.1) is 0 Å². The highest BCUT2D eigenvalue weighted by molar-refractivity contribution is 5.48. The van der Waals surface area contributed by atoms with Crippen LogP contribution in [-0.2, 0) is 0 Å². The predicted octanol–water partition coefficient (Wildman–Crippen LogP) is 0.0171. The van der Waals surface area contributed by atoms with E-state index in [-0.39, 0.29) is 5.88 Å². The van der Waals surface area contributed by atoms with Crippen LogP contribution in [0.25, 0.3) is 5.65 Å². The summed E-state index contributed by atoms with van der Waals surface area (Å²) in [6.07, 6.45) is 1.49. The number of anilines is 1. The number of rotatable bonds is 0. The lowest BCUT2D eigenvalue weighted by molar-refractivity contribution is 0.435. The van der Waals surface area contributed by atoms with Crippen LogP contribution >= 0.6 is 0 Å². The van der Waals surface area contributed by atoms with Gasteiger partial charge in [0.05, 0.1) is 0 Å². The largest absolute Gasteiger partial charge is 0.493 e. The van der Waals surface area contributed by atoms with Crippen molar-refractivity contribution in [1.29, 1.82) is 0 Å². The molecule has 0 aliphatic heterocycles. The zero-order chi connectivity index (χ0) is 7.84. The van der Waals surface area contributed by atoms with Crippen LogP contribution in [0.2, 0.25) is 0 Å². The molecule has 5 heteroatoms. The number of aromatic nitrogens is 3. The molecule has 0 unspecified atom stereocenters. The van der Waals surface area contributed by atoms with Crippen LogP contribution in [0.1, 0.15) is 0 Å². The lowest BCUT2D eigenvalue weighted by Gasteiger charge is -1.92. The fourth-order valence-corrected chi connectivity index (χ4v) is 0.900. The molecule has 0 saturated carbocycles. The van der Waals surface area contributed by atoms with Gasteiger partial charge in [-0.3, -0.25) is 0 Å². The van der Waals surface area contributed by atoms with Crippen molar-refractivity contribution < 1.29 is 5.11 Å². The molecule has 2 heterocycles. The zero-order valence-corrected chi connectivity index (χ0v) is 5.60. The topological polar surface area (TPSA) is 76.4 Å². The average Bonchev–Trinajstić information content (AvgIpc) is 2.31. The first-order valence-corrected chi connectivity index (χ1v) is 3.06. The maximum absolute atomic E-state index is 9.19. The molecule has 3 N–H and O–H groups in total. The minimum atomic E-state index is 0.0340. The van der Waals surface area contributed by atoms with Gasteiger partial charge in [-0.1, -0.05) is 0 Å². The first-order chi connectivity index (χ1) is 5.27. The Kier molecular flexibility index (Phi) is 1.00. The Labute approximate surface area is 62.1 Å². The maximum Gasteiger partial charge on any atom is 0.215 e. The third-order valence-electron chi connectivity index (χ3n) is 1.36. The van der Waals surface area contributed by atoms with Gasteiger partial charge in [-0.25, -0.2) is 4.98 Å². The van der Waals surface area contributed by atoms with Crippen LogP contribution in [0.3, 0.4) is 0 Å². The molecule has 2 aromatic heterocycles. The molecule has 56 valence electrons. The minimum Gasteiger partial charge on any atom is -0.493 e. The fourth-order valence-electron chi connectivity index (χ4n) is 0.900. The van der Waals surface area contributed by atoms with Gasteiger partial charge in [0.2, 0.25) is 5.88 Å². The summed E-state index contributed by atoms with van der Waals surface area (Å²) in [5.41, 5.74) is 5.92. The molecule has 2 rings (SSSR count). The van der Waals surface area contributed by atoms with Crippen molar-refractivity contribution in [3.8, 4) is 5.88 Å². The number of hydrogen-bond acceptors (Lipinski definition) is 4. The van der Waals surface area contributed by atoms with Crippen LogP contribution in [0.5, 0.6) is 5.88 Å². The second-order valence-corrected chi connectivity index (χ2v) is 2.14. The van der Waals surface area contributed by atoms with Crippen LogP contribution < -0.4 is 5.73 Å². The van der Waals surface area contributed by atoms with E-state index in [0.717, 1.165) is 0 Å². The average molecular weight is 150 g/mol. The highest BCUT2D eigenvalue weighted by Gasteiger charge is 2.00. The lowest BCUT2D eigenvalue weighted by atomic mass is 10.6. The van der Waals surface area contributed by atoms with E-state index in [2.05, 4.69) is 10.1 Å². The molecule has 0 amide bonds. The fraction of sp³-hybridized carbons (Fsp3) is 0. The third kappa shape index (κ3) is 0.778. The predicted molar refractivity (Wildman–Crippen MR) is 39.1 cm³/mol. The number of nitrogen functional groups attached to an aromatic ring is 1. The molecule has 0 atom stereocenters. The van der Waals surface area contributed by atoms with Gasteiger partial charge in [-0.05, 0) is 0 Å². The first-order valence-electron chi connectivity index (χ1n) is 3.06. The number of aromatic hydroxyl groups is 1. The Hall–Kier alpha value is -1.78. The summed E-state index contributed by atoms with van der Waals surface area (Å²) in [5, 5.41) is 13.0.